The Labute approximate surface area is 67.4 Å². The zero-order valence-corrected chi connectivity index (χ0v) is 6.66. The molecule has 0 aromatic heterocycles. The van der Waals surface area contributed by atoms with E-state index < -0.39 is 0 Å². The first-order valence-electron chi connectivity index (χ1n) is 3.40. The van der Waals surface area contributed by atoms with Gasteiger partial charge in [-0.25, -0.2) is 0 Å². The van der Waals surface area contributed by atoms with Crippen molar-refractivity contribution in [2.75, 3.05) is 0 Å². The van der Waals surface area contributed by atoms with Gasteiger partial charge in [-0.05, 0) is 13.0 Å². The highest BCUT2D eigenvalue weighted by atomic mass is 16.1. The molecule has 0 radical (unpaired) electrons. The first-order chi connectivity index (χ1) is 5.27. The van der Waals surface area contributed by atoms with Crippen LogP contribution in [0.25, 0.3) is 0 Å². The summed E-state index contributed by atoms with van der Waals surface area (Å²) in [6, 6.07) is 12.0. The van der Waals surface area contributed by atoms with E-state index >= 15 is 0 Å². The van der Waals surface area contributed by atoms with Crippen molar-refractivity contribution in [2.24, 2.45) is 0 Å². The highest BCUT2D eigenvalue weighted by Gasteiger charge is 1.69. The van der Waals surface area contributed by atoms with E-state index in [0.29, 0.717) is 0 Å². The van der Waals surface area contributed by atoms with E-state index in [-0.39, 0.29) is 5.78 Å². The highest BCUT2D eigenvalue weighted by Crippen LogP contribution is 1.79. The molecule has 11 heavy (non-hydrogen) atoms. The normalized spacial score (nSPS) is 7.36. The number of allylic oxidation sites excluding steroid dienone is 1. The Morgan fingerprint density at radius 3 is 1.36 bits per heavy atom. The van der Waals surface area contributed by atoms with Gasteiger partial charge in [-0.2, -0.15) is 0 Å². The topological polar surface area (TPSA) is 17.1 Å². The molecule has 1 aromatic rings. The monoisotopic (exact) mass is 148 g/mol. The number of benzene rings is 1. The summed E-state index contributed by atoms with van der Waals surface area (Å²) in [5.74, 6) is 0.0185. The van der Waals surface area contributed by atoms with Crippen molar-refractivity contribution >= 4 is 5.78 Å². The van der Waals surface area contributed by atoms with E-state index in [9.17, 15) is 4.79 Å². The van der Waals surface area contributed by atoms with E-state index in [0.717, 1.165) is 0 Å². The molecule has 58 valence electrons. The molecule has 1 nitrogen and oxygen atoms in total. The van der Waals surface area contributed by atoms with Gasteiger partial charge in [-0.1, -0.05) is 43.0 Å². The van der Waals surface area contributed by atoms with Gasteiger partial charge >= 0.3 is 0 Å². The Hall–Kier alpha value is -1.37. The van der Waals surface area contributed by atoms with Crippen molar-refractivity contribution in [2.45, 2.75) is 6.92 Å². The van der Waals surface area contributed by atoms with E-state index in [2.05, 4.69) is 6.58 Å². The van der Waals surface area contributed by atoms with Crippen LogP contribution in [0.4, 0.5) is 0 Å². The van der Waals surface area contributed by atoms with Crippen LogP contribution in [-0.4, -0.2) is 5.78 Å². The van der Waals surface area contributed by atoms with Crippen LogP contribution in [0, 0.1) is 0 Å². The molecule has 0 atom stereocenters. The zero-order valence-electron chi connectivity index (χ0n) is 6.66. The molecule has 0 aliphatic rings. The average Bonchev–Trinajstić information content (AvgIpc) is 2.09. The quantitative estimate of drug-likeness (QED) is 0.559. The fourth-order valence-corrected chi connectivity index (χ4v) is 0.385. The summed E-state index contributed by atoms with van der Waals surface area (Å²) in [5, 5.41) is 0. The first-order valence-corrected chi connectivity index (χ1v) is 3.40. The van der Waals surface area contributed by atoms with Crippen molar-refractivity contribution in [1.29, 1.82) is 0 Å². The van der Waals surface area contributed by atoms with Crippen molar-refractivity contribution in [3.05, 3.63) is 49.1 Å². The summed E-state index contributed by atoms with van der Waals surface area (Å²) in [6.45, 7) is 4.68. The smallest absolute Gasteiger partial charge is 0.152 e. The fourth-order valence-electron chi connectivity index (χ4n) is 0.385. The summed E-state index contributed by atoms with van der Waals surface area (Å²) in [5.41, 5.74) is 0. The average molecular weight is 148 g/mol. The molecule has 0 saturated carbocycles. The maximum Gasteiger partial charge on any atom is 0.152 e. The Morgan fingerprint density at radius 2 is 1.27 bits per heavy atom. The molecule has 0 aliphatic heterocycles. The second-order valence-electron chi connectivity index (χ2n) is 1.97. The molecule has 0 amide bonds. The van der Waals surface area contributed by atoms with Crippen molar-refractivity contribution in [3.8, 4) is 0 Å². The number of rotatable bonds is 1. The Morgan fingerprint density at radius 1 is 1.09 bits per heavy atom. The molecule has 0 N–H and O–H groups in total. The van der Waals surface area contributed by atoms with Gasteiger partial charge in [0.15, 0.2) is 5.78 Å². The summed E-state index contributed by atoms with van der Waals surface area (Å²) >= 11 is 0. The van der Waals surface area contributed by atoms with Crippen LogP contribution in [0.5, 0.6) is 0 Å². The van der Waals surface area contributed by atoms with Crippen LogP contribution >= 0.6 is 0 Å². The SMILES string of the molecule is C=CC(C)=O.c1ccccc1. The van der Waals surface area contributed by atoms with Gasteiger partial charge in [-0.3, -0.25) is 4.79 Å². The molecule has 0 fully saturated rings. The molecular weight excluding hydrogens is 136 g/mol. The van der Waals surface area contributed by atoms with Crippen LogP contribution in [0.1, 0.15) is 6.92 Å². The molecule has 0 bridgehead atoms. The highest BCUT2D eigenvalue weighted by molar-refractivity contribution is 5.86. The third-order valence-corrected chi connectivity index (χ3v) is 0.954. The molecule has 0 aliphatic carbocycles. The van der Waals surface area contributed by atoms with Gasteiger partial charge < -0.3 is 0 Å². The second-order valence-corrected chi connectivity index (χ2v) is 1.97. The van der Waals surface area contributed by atoms with Gasteiger partial charge in [0.25, 0.3) is 0 Å². The van der Waals surface area contributed by atoms with Crippen molar-refractivity contribution in [3.63, 3.8) is 0 Å². The van der Waals surface area contributed by atoms with Crippen LogP contribution in [-0.2, 0) is 4.79 Å². The predicted molar refractivity (Wildman–Crippen MR) is 47.3 cm³/mol. The third kappa shape index (κ3) is 8.63. The van der Waals surface area contributed by atoms with Crippen LogP contribution in [0.2, 0.25) is 0 Å². The second kappa shape index (κ2) is 6.75. The molecule has 1 rings (SSSR count). The zero-order chi connectivity index (χ0) is 8.53. The lowest BCUT2D eigenvalue weighted by atomic mass is 10.4. The van der Waals surface area contributed by atoms with Gasteiger partial charge in [0.05, 0.1) is 0 Å². The lowest BCUT2D eigenvalue weighted by Crippen LogP contribution is -1.74. The lowest BCUT2D eigenvalue weighted by molar-refractivity contribution is -0.112. The Balaban J connectivity index is 0.000000187. The van der Waals surface area contributed by atoms with E-state index in [4.69, 9.17) is 0 Å². The minimum absolute atomic E-state index is 0.0185. The summed E-state index contributed by atoms with van der Waals surface area (Å²) < 4.78 is 0. The van der Waals surface area contributed by atoms with Gasteiger partial charge in [-0.15, -0.1) is 0 Å². The minimum Gasteiger partial charge on any atom is -0.295 e. The lowest BCUT2D eigenvalue weighted by Gasteiger charge is -1.69. The van der Waals surface area contributed by atoms with Gasteiger partial charge in [0.1, 0.15) is 0 Å². The van der Waals surface area contributed by atoms with Crippen LogP contribution in [0.15, 0.2) is 49.1 Å². The number of hydrogen-bond acceptors (Lipinski definition) is 1. The standard InChI is InChI=1S/C6H6.C4H6O/c1-2-4-6-5-3-1;1-3-4(2)5/h1-6H;3H,1H2,2H3. The Bertz CT molecular complexity index is 175. The maximum absolute atomic E-state index is 9.69. The summed E-state index contributed by atoms with van der Waals surface area (Å²) in [6.07, 6.45) is 1.28. The molecule has 1 heteroatoms. The summed E-state index contributed by atoms with van der Waals surface area (Å²) in [4.78, 5) is 9.69. The molecule has 0 spiro atoms. The Kier molecular flexibility index (Phi) is 5.91. The minimum atomic E-state index is 0.0185. The molecule has 0 unspecified atom stereocenters. The van der Waals surface area contributed by atoms with Crippen molar-refractivity contribution < 1.29 is 4.79 Å². The van der Waals surface area contributed by atoms with E-state index in [1.54, 1.807) is 0 Å². The number of hydrogen-bond donors (Lipinski definition) is 0. The van der Waals surface area contributed by atoms with Crippen LogP contribution in [0.3, 0.4) is 0 Å². The van der Waals surface area contributed by atoms with E-state index in [1.165, 1.54) is 13.0 Å². The third-order valence-electron chi connectivity index (χ3n) is 0.954. The fraction of sp³-hybridized carbons (Fsp3) is 0.100. The number of carbonyl (C=O) groups excluding carboxylic acids is 1. The van der Waals surface area contributed by atoms with Gasteiger partial charge in [0, 0.05) is 0 Å². The molecule has 1 aromatic carbocycles. The summed E-state index contributed by atoms with van der Waals surface area (Å²) in [7, 11) is 0. The maximum atomic E-state index is 9.69. The predicted octanol–water partition coefficient (Wildman–Crippen LogP) is 2.45. The molecule has 0 saturated heterocycles. The van der Waals surface area contributed by atoms with Crippen LogP contribution < -0.4 is 0 Å². The first kappa shape index (κ1) is 9.63. The number of carbonyl (C=O) groups is 1. The van der Waals surface area contributed by atoms with E-state index in [1.807, 2.05) is 36.4 Å². The molecular formula is C10H12O. The largest absolute Gasteiger partial charge is 0.295 e. The molecule has 0 heterocycles. The van der Waals surface area contributed by atoms with Gasteiger partial charge in [0.2, 0.25) is 0 Å². The van der Waals surface area contributed by atoms with Crippen molar-refractivity contribution in [1.82, 2.24) is 0 Å². The number of ketones is 1.